The lowest BCUT2D eigenvalue weighted by Gasteiger charge is -2.20. The van der Waals surface area contributed by atoms with Crippen molar-refractivity contribution in [1.82, 2.24) is 0 Å². The highest BCUT2D eigenvalue weighted by Gasteiger charge is 2.23. The Hall–Kier alpha value is -2.07. The first-order chi connectivity index (χ1) is 10.5. The van der Waals surface area contributed by atoms with Gasteiger partial charge in [-0.3, -0.25) is 0 Å². The number of fused-ring (bicyclic) bond motifs is 1. The lowest BCUT2D eigenvalue weighted by molar-refractivity contribution is 0.354. The van der Waals surface area contributed by atoms with Gasteiger partial charge in [0.05, 0.1) is 10.6 Å². The molecular formula is C18H18O3S. The van der Waals surface area contributed by atoms with Crippen molar-refractivity contribution in [2.24, 2.45) is 0 Å². The van der Waals surface area contributed by atoms with E-state index in [-0.39, 0.29) is 5.75 Å². The first kappa shape index (κ1) is 14.9. The Labute approximate surface area is 131 Å². The Morgan fingerprint density at radius 3 is 2.50 bits per heavy atom. The van der Waals surface area contributed by atoms with Crippen LogP contribution in [0.1, 0.15) is 16.7 Å². The van der Waals surface area contributed by atoms with Crippen LogP contribution in [-0.4, -0.2) is 20.8 Å². The van der Waals surface area contributed by atoms with Gasteiger partial charge in [-0.15, -0.1) is 0 Å². The maximum Gasteiger partial charge on any atom is 0.182 e. The molecule has 114 valence electrons. The molecule has 1 heterocycles. The van der Waals surface area contributed by atoms with Gasteiger partial charge in [-0.05, 0) is 42.7 Å². The summed E-state index contributed by atoms with van der Waals surface area (Å²) in [5.74, 6) is 0.789. The summed E-state index contributed by atoms with van der Waals surface area (Å²) >= 11 is 0. The van der Waals surface area contributed by atoms with Gasteiger partial charge >= 0.3 is 0 Å². The van der Waals surface area contributed by atoms with Crippen LogP contribution < -0.4 is 4.74 Å². The van der Waals surface area contributed by atoms with Gasteiger partial charge in [0.25, 0.3) is 0 Å². The molecule has 0 bridgehead atoms. The maximum absolute atomic E-state index is 12.7. The van der Waals surface area contributed by atoms with E-state index in [1.165, 1.54) is 0 Å². The van der Waals surface area contributed by atoms with E-state index in [9.17, 15) is 8.42 Å². The summed E-state index contributed by atoms with van der Waals surface area (Å²) in [4.78, 5) is 0.400. The third-order valence-corrected chi connectivity index (χ3v) is 5.71. The van der Waals surface area contributed by atoms with E-state index >= 15 is 0 Å². The normalized spacial score (nSPS) is 14.0. The van der Waals surface area contributed by atoms with Crippen LogP contribution >= 0.6 is 0 Å². The molecule has 2 aromatic carbocycles. The van der Waals surface area contributed by atoms with Crippen LogP contribution in [0.3, 0.4) is 0 Å². The smallest absolute Gasteiger partial charge is 0.182 e. The molecule has 2 aromatic rings. The molecule has 0 N–H and O–H groups in total. The molecule has 4 heteroatoms. The molecule has 0 spiro atoms. The van der Waals surface area contributed by atoms with E-state index in [2.05, 4.69) is 0 Å². The Balaban J connectivity index is 2.00. The second-order valence-electron chi connectivity index (χ2n) is 5.52. The molecule has 0 aromatic heterocycles. The summed E-state index contributed by atoms with van der Waals surface area (Å²) in [7, 11) is -3.37. The molecule has 3 nitrogen and oxygen atoms in total. The summed E-state index contributed by atoms with van der Waals surface area (Å²) in [6.07, 6.45) is 1.86. The number of sulfone groups is 1. The molecule has 0 radical (unpaired) electrons. The molecule has 22 heavy (non-hydrogen) atoms. The number of benzene rings is 2. The predicted octanol–water partition coefficient (Wildman–Crippen LogP) is 3.55. The second kappa shape index (κ2) is 5.61. The zero-order chi connectivity index (χ0) is 15.7. The van der Waals surface area contributed by atoms with Crippen molar-refractivity contribution in [2.45, 2.75) is 18.7 Å². The van der Waals surface area contributed by atoms with Gasteiger partial charge in [-0.25, -0.2) is 8.42 Å². The van der Waals surface area contributed by atoms with Crippen molar-refractivity contribution < 1.29 is 13.2 Å². The van der Waals surface area contributed by atoms with Crippen molar-refractivity contribution in [3.63, 3.8) is 0 Å². The summed E-state index contributed by atoms with van der Waals surface area (Å²) < 4.78 is 31.1. The molecule has 0 unspecified atom stereocenters. The minimum absolute atomic E-state index is 0.00231. The Bertz CT molecular complexity index is 848. The Kier molecular flexibility index (Phi) is 3.79. The molecule has 1 aliphatic heterocycles. The standard InChI is InChI=1S/C18H18O3S/c1-13-6-3-4-9-17(13)22(19,20)12-15-10-11-21-18-14(2)7-5-8-16(15)18/h3-10H,11-12H2,1-2H3. The largest absolute Gasteiger partial charge is 0.489 e. The lowest BCUT2D eigenvalue weighted by Crippen LogP contribution is -2.14. The van der Waals surface area contributed by atoms with Gasteiger partial charge in [-0.1, -0.05) is 36.4 Å². The van der Waals surface area contributed by atoms with Crippen molar-refractivity contribution in [3.05, 3.63) is 65.2 Å². The van der Waals surface area contributed by atoms with E-state index in [4.69, 9.17) is 4.74 Å². The fourth-order valence-corrected chi connectivity index (χ4v) is 4.44. The van der Waals surface area contributed by atoms with E-state index in [1.54, 1.807) is 12.1 Å². The number of hydrogen-bond donors (Lipinski definition) is 0. The molecule has 0 aliphatic carbocycles. The number of aryl methyl sites for hydroxylation is 2. The summed E-state index contributed by atoms with van der Waals surface area (Å²) in [5, 5.41) is 0. The van der Waals surface area contributed by atoms with Gasteiger partial charge in [-0.2, -0.15) is 0 Å². The number of rotatable bonds is 3. The zero-order valence-corrected chi connectivity index (χ0v) is 13.5. The van der Waals surface area contributed by atoms with E-state index in [1.807, 2.05) is 50.3 Å². The third-order valence-electron chi connectivity index (χ3n) is 3.89. The first-order valence-electron chi connectivity index (χ1n) is 7.19. The van der Waals surface area contributed by atoms with Crippen LogP contribution in [0.25, 0.3) is 5.57 Å². The molecule has 0 fully saturated rings. The van der Waals surface area contributed by atoms with Gasteiger partial charge in [0, 0.05) is 5.56 Å². The van der Waals surface area contributed by atoms with Crippen LogP contribution in [0.4, 0.5) is 0 Å². The molecule has 0 atom stereocenters. The average Bonchev–Trinajstić information content (AvgIpc) is 2.48. The van der Waals surface area contributed by atoms with Crippen LogP contribution in [0, 0.1) is 13.8 Å². The number of para-hydroxylation sites is 1. The SMILES string of the molecule is Cc1ccccc1S(=O)(=O)CC1=CCOc2c(C)cccc21. The summed E-state index contributed by atoms with van der Waals surface area (Å²) in [6.45, 7) is 4.21. The van der Waals surface area contributed by atoms with Gasteiger partial charge in [0.1, 0.15) is 12.4 Å². The van der Waals surface area contributed by atoms with Gasteiger partial charge < -0.3 is 4.74 Å². The van der Waals surface area contributed by atoms with Crippen molar-refractivity contribution in [2.75, 3.05) is 12.4 Å². The van der Waals surface area contributed by atoms with Gasteiger partial charge in [0.15, 0.2) is 9.84 Å². The highest BCUT2D eigenvalue weighted by atomic mass is 32.2. The van der Waals surface area contributed by atoms with Crippen LogP contribution in [-0.2, 0) is 9.84 Å². The van der Waals surface area contributed by atoms with E-state index < -0.39 is 9.84 Å². The Morgan fingerprint density at radius 2 is 1.73 bits per heavy atom. The van der Waals surface area contributed by atoms with Crippen molar-refractivity contribution >= 4 is 15.4 Å². The molecule has 1 aliphatic rings. The zero-order valence-electron chi connectivity index (χ0n) is 12.7. The average molecular weight is 314 g/mol. The van der Waals surface area contributed by atoms with E-state index in [0.717, 1.165) is 28.0 Å². The first-order valence-corrected chi connectivity index (χ1v) is 8.84. The van der Waals surface area contributed by atoms with Crippen molar-refractivity contribution in [1.29, 1.82) is 0 Å². The lowest BCUT2D eigenvalue weighted by atomic mass is 10.0. The van der Waals surface area contributed by atoms with Gasteiger partial charge in [0.2, 0.25) is 0 Å². The second-order valence-corrected chi connectivity index (χ2v) is 7.47. The van der Waals surface area contributed by atoms with Crippen molar-refractivity contribution in [3.8, 4) is 5.75 Å². The molecule has 0 saturated carbocycles. The summed E-state index contributed by atoms with van der Waals surface area (Å²) in [5.41, 5.74) is 3.49. The molecule has 0 saturated heterocycles. The maximum atomic E-state index is 12.7. The number of hydrogen-bond acceptors (Lipinski definition) is 3. The molecular weight excluding hydrogens is 296 g/mol. The molecule has 0 amide bonds. The highest BCUT2D eigenvalue weighted by Crippen LogP contribution is 2.34. The quantitative estimate of drug-likeness (QED) is 0.870. The minimum Gasteiger partial charge on any atom is -0.489 e. The third kappa shape index (κ3) is 2.66. The van der Waals surface area contributed by atoms with E-state index in [0.29, 0.717) is 11.5 Å². The Morgan fingerprint density at radius 1 is 1.00 bits per heavy atom. The van der Waals surface area contributed by atoms with Crippen LogP contribution in [0.2, 0.25) is 0 Å². The van der Waals surface area contributed by atoms with Crippen LogP contribution in [0.5, 0.6) is 5.75 Å². The summed E-state index contributed by atoms with van der Waals surface area (Å²) in [6, 6.07) is 12.9. The monoisotopic (exact) mass is 314 g/mol. The fourth-order valence-electron chi connectivity index (χ4n) is 2.76. The molecule has 3 rings (SSSR count). The number of ether oxygens (including phenoxy) is 1. The highest BCUT2D eigenvalue weighted by molar-refractivity contribution is 7.92. The fraction of sp³-hybridized carbons (Fsp3) is 0.222. The minimum atomic E-state index is -3.37. The predicted molar refractivity (Wildman–Crippen MR) is 87.9 cm³/mol. The van der Waals surface area contributed by atoms with Crippen LogP contribution in [0.15, 0.2) is 53.4 Å². The topological polar surface area (TPSA) is 43.4 Å².